The van der Waals surface area contributed by atoms with Gasteiger partial charge in [-0.25, -0.2) is 8.42 Å². The Morgan fingerprint density at radius 3 is 2.63 bits per heavy atom. The fraction of sp³-hybridized carbons (Fsp3) is 0.692. The summed E-state index contributed by atoms with van der Waals surface area (Å²) in [5, 5.41) is 4.86. The lowest BCUT2D eigenvalue weighted by molar-refractivity contribution is 0.361. The van der Waals surface area contributed by atoms with Crippen LogP contribution in [-0.4, -0.2) is 32.9 Å². The molecule has 0 bridgehead atoms. The van der Waals surface area contributed by atoms with Gasteiger partial charge in [0.1, 0.15) is 0 Å². The maximum Gasteiger partial charge on any atom is 0.244 e. The van der Waals surface area contributed by atoms with Gasteiger partial charge in [-0.05, 0) is 24.4 Å². The van der Waals surface area contributed by atoms with Gasteiger partial charge >= 0.3 is 0 Å². The van der Waals surface area contributed by atoms with Crippen LogP contribution in [0.25, 0.3) is 0 Å². The molecule has 19 heavy (non-hydrogen) atoms. The predicted octanol–water partition coefficient (Wildman–Crippen LogP) is 2.52. The van der Waals surface area contributed by atoms with Crippen LogP contribution < -0.4 is 5.32 Å². The van der Waals surface area contributed by atoms with Crippen LogP contribution in [0.1, 0.15) is 32.1 Å². The Balaban J connectivity index is 3.03. The van der Waals surface area contributed by atoms with Gasteiger partial charge in [0.25, 0.3) is 0 Å². The van der Waals surface area contributed by atoms with Crippen molar-refractivity contribution in [2.75, 3.05) is 20.1 Å². The van der Waals surface area contributed by atoms with Crippen LogP contribution in [0.3, 0.4) is 0 Å². The van der Waals surface area contributed by atoms with Crippen molar-refractivity contribution in [2.24, 2.45) is 5.92 Å². The molecule has 0 fully saturated rings. The zero-order valence-electron chi connectivity index (χ0n) is 12.1. The van der Waals surface area contributed by atoms with Gasteiger partial charge in [-0.3, -0.25) is 0 Å². The Labute approximate surface area is 120 Å². The van der Waals surface area contributed by atoms with E-state index in [1.807, 2.05) is 19.4 Å². The first kappa shape index (κ1) is 16.6. The summed E-state index contributed by atoms with van der Waals surface area (Å²) >= 11 is 1.49. The summed E-state index contributed by atoms with van der Waals surface area (Å²) in [6, 6.07) is 1.71. The van der Waals surface area contributed by atoms with Crippen LogP contribution in [0, 0.1) is 5.92 Å². The minimum atomic E-state index is -3.36. The van der Waals surface area contributed by atoms with Crippen molar-refractivity contribution in [3.63, 3.8) is 0 Å². The van der Waals surface area contributed by atoms with Crippen molar-refractivity contribution >= 4 is 21.4 Å². The van der Waals surface area contributed by atoms with E-state index in [1.54, 1.807) is 10.4 Å². The topological polar surface area (TPSA) is 49.4 Å². The quantitative estimate of drug-likeness (QED) is 0.803. The number of thiophene rings is 1. The van der Waals surface area contributed by atoms with Gasteiger partial charge in [-0.1, -0.05) is 27.2 Å². The summed E-state index contributed by atoms with van der Waals surface area (Å²) in [5.41, 5.74) is 0. The molecular weight excluding hydrogens is 280 g/mol. The molecule has 0 aliphatic rings. The molecular formula is C13H24N2O2S2. The first-order valence-electron chi connectivity index (χ1n) is 6.68. The van der Waals surface area contributed by atoms with Crippen molar-refractivity contribution in [3.05, 3.63) is 16.3 Å². The molecule has 4 nitrogen and oxygen atoms in total. The molecule has 1 atom stereocenters. The van der Waals surface area contributed by atoms with Crippen molar-refractivity contribution in [1.82, 2.24) is 9.62 Å². The Morgan fingerprint density at radius 1 is 1.42 bits per heavy atom. The number of rotatable bonds is 8. The predicted molar refractivity (Wildman–Crippen MR) is 81.0 cm³/mol. The Morgan fingerprint density at radius 2 is 2.11 bits per heavy atom. The Hall–Kier alpha value is -0.430. The van der Waals surface area contributed by atoms with Crippen LogP contribution in [0.15, 0.2) is 16.3 Å². The largest absolute Gasteiger partial charge is 0.315 e. The minimum absolute atomic E-state index is 0.376. The van der Waals surface area contributed by atoms with Crippen molar-refractivity contribution in [1.29, 1.82) is 0 Å². The number of nitrogens with zero attached hydrogens (tertiary/aromatic N) is 1. The second-order valence-electron chi connectivity index (χ2n) is 4.71. The lowest BCUT2D eigenvalue weighted by Gasteiger charge is -2.23. The fourth-order valence-corrected chi connectivity index (χ4v) is 4.86. The molecule has 1 aromatic heterocycles. The number of hydrogen-bond donors (Lipinski definition) is 1. The summed E-state index contributed by atoms with van der Waals surface area (Å²) in [6.07, 6.45) is 0.985. The van der Waals surface area contributed by atoms with Crippen LogP contribution >= 0.6 is 11.3 Å². The van der Waals surface area contributed by atoms with E-state index in [-0.39, 0.29) is 0 Å². The molecule has 0 spiro atoms. The van der Waals surface area contributed by atoms with Gasteiger partial charge in [0, 0.05) is 24.5 Å². The second kappa shape index (κ2) is 7.38. The SMILES string of the molecule is CCC(C)CN(CC)S(=O)(=O)c1ccsc1CNC. The molecule has 0 aromatic carbocycles. The second-order valence-corrected chi connectivity index (χ2v) is 7.61. The van der Waals surface area contributed by atoms with Crippen LogP contribution in [0.2, 0.25) is 0 Å². The molecule has 0 aliphatic heterocycles. The van der Waals surface area contributed by atoms with E-state index in [1.165, 1.54) is 11.3 Å². The first-order chi connectivity index (χ1) is 8.97. The maximum absolute atomic E-state index is 12.7. The summed E-state index contributed by atoms with van der Waals surface area (Å²) in [4.78, 5) is 1.34. The van der Waals surface area contributed by atoms with E-state index in [9.17, 15) is 8.42 Å². The highest BCUT2D eigenvalue weighted by molar-refractivity contribution is 7.89. The molecule has 110 valence electrons. The molecule has 1 heterocycles. The van der Waals surface area contributed by atoms with Crippen LogP contribution in [0.4, 0.5) is 0 Å². The normalized spacial score (nSPS) is 13.9. The highest BCUT2D eigenvalue weighted by atomic mass is 32.2. The third-order valence-electron chi connectivity index (χ3n) is 3.22. The van der Waals surface area contributed by atoms with Crippen LogP contribution in [0.5, 0.6) is 0 Å². The van der Waals surface area contributed by atoms with E-state index in [4.69, 9.17) is 0 Å². The molecule has 0 saturated carbocycles. The van der Waals surface area contributed by atoms with Gasteiger partial charge in [0.15, 0.2) is 0 Å². The summed E-state index contributed by atoms with van der Waals surface area (Å²) in [6.45, 7) is 7.76. The molecule has 1 unspecified atom stereocenters. The summed E-state index contributed by atoms with van der Waals surface area (Å²) in [7, 11) is -1.54. The molecule has 1 N–H and O–H groups in total. The van der Waals surface area contributed by atoms with E-state index >= 15 is 0 Å². The monoisotopic (exact) mass is 304 g/mol. The van der Waals surface area contributed by atoms with Crippen molar-refractivity contribution in [2.45, 2.75) is 38.6 Å². The highest BCUT2D eigenvalue weighted by Gasteiger charge is 2.27. The standard InChI is InChI=1S/C13H24N2O2S2/c1-5-11(3)10-15(6-2)19(16,17)13-7-8-18-12(13)9-14-4/h7-8,11,14H,5-6,9-10H2,1-4H3. The van der Waals surface area contributed by atoms with E-state index in [0.717, 1.165) is 11.3 Å². The Kier molecular flexibility index (Phi) is 6.46. The highest BCUT2D eigenvalue weighted by Crippen LogP contribution is 2.25. The minimum Gasteiger partial charge on any atom is -0.315 e. The maximum atomic E-state index is 12.7. The molecule has 0 radical (unpaired) electrons. The number of nitrogens with one attached hydrogen (secondary N) is 1. The number of sulfonamides is 1. The molecule has 1 aromatic rings. The molecule has 6 heteroatoms. The molecule has 0 amide bonds. The van der Waals surface area contributed by atoms with Crippen LogP contribution in [-0.2, 0) is 16.6 Å². The smallest absolute Gasteiger partial charge is 0.244 e. The average molecular weight is 304 g/mol. The average Bonchev–Trinajstić information content (AvgIpc) is 2.84. The van der Waals surface area contributed by atoms with Gasteiger partial charge in [0.05, 0.1) is 4.90 Å². The lowest BCUT2D eigenvalue weighted by atomic mass is 10.1. The van der Waals surface area contributed by atoms with E-state index in [2.05, 4.69) is 19.2 Å². The number of hydrogen-bond acceptors (Lipinski definition) is 4. The third kappa shape index (κ3) is 4.02. The zero-order chi connectivity index (χ0) is 14.5. The van der Waals surface area contributed by atoms with Gasteiger partial charge in [0.2, 0.25) is 10.0 Å². The van der Waals surface area contributed by atoms with E-state index < -0.39 is 10.0 Å². The summed E-state index contributed by atoms with van der Waals surface area (Å²) in [5.74, 6) is 0.376. The molecule has 0 saturated heterocycles. The van der Waals surface area contributed by atoms with Crippen molar-refractivity contribution < 1.29 is 8.42 Å². The van der Waals surface area contributed by atoms with Gasteiger partial charge in [-0.2, -0.15) is 4.31 Å². The molecule has 0 aliphatic carbocycles. The lowest BCUT2D eigenvalue weighted by Crippen LogP contribution is -2.34. The zero-order valence-corrected chi connectivity index (χ0v) is 13.8. The first-order valence-corrected chi connectivity index (χ1v) is 9.00. The van der Waals surface area contributed by atoms with Gasteiger partial charge in [-0.15, -0.1) is 11.3 Å². The summed E-state index contributed by atoms with van der Waals surface area (Å²) < 4.78 is 26.9. The fourth-order valence-electron chi connectivity index (χ4n) is 1.86. The van der Waals surface area contributed by atoms with Crippen molar-refractivity contribution in [3.8, 4) is 0 Å². The van der Waals surface area contributed by atoms with Gasteiger partial charge < -0.3 is 5.32 Å². The van der Waals surface area contributed by atoms with E-state index in [0.29, 0.717) is 30.4 Å². The third-order valence-corrected chi connectivity index (χ3v) is 6.30. The molecule has 1 rings (SSSR count). The Bertz CT molecular complexity index is 483.